The van der Waals surface area contributed by atoms with E-state index in [9.17, 15) is 13.2 Å². The number of halogens is 4. The molecule has 0 amide bonds. The van der Waals surface area contributed by atoms with Crippen molar-refractivity contribution in [2.75, 3.05) is 0 Å². The zero-order valence-corrected chi connectivity index (χ0v) is 15.5. The van der Waals surface area contributed by atoms with E-state index in [1.807, 2.05) is 17.5 Å². The lowest BCUT2D eigenvalue weighted by molar-refractivity contribution is -0.140. The maximum atomic E-state index is 12.8. The lowest BCUT2D eigenvalue weighted by atomic mass is 10.0. The molecule has 4 rings (SSSR count). The van der Waals surface area contributed by atoms with Gasteiger partial charge in [0.1, 0.15) is 5.82 Å². The molecular weight excluding hydrogens is 397 g/mol. The fourth-order valence-electron chi connectivity index (χ4n) is 2.84. The summed E-state index contributed by atoms with van der Waals surface area (Å²) in [5.74, 6) is 0.273. The molecule has 0 unspecified atom stereocenters. The Morgan fingerprint density at radius 2 is 1.89 bits per heavy atom. The van der Waals surface area contributed by atoms with Crippen LogP contribution in [0.1, 0.15) is 16.8 Å². The Bertz CT molecular complexity index is 1120. The van der Waals surface area contributed by atoms with E-state index in [2.05, 4.69) is 15.0 Å². The van der Waals surface area contributed by atoms with Crippen molar-refractivity contribution in [2.24, 2.45) is 7.05 Å². The molecule has 0 aliphatic carbocycles. The summed E-state index contributed by atoms with van der Waals surface area (Å²) in [6, 6.07) is 7.30. The number of aromatic nitrogens is 4. The predicted octanol–water partition coefficient (Wildman–Crippen LogP) is 5.35. The molecule has 138 valence electrons. The second kappa shape index (κ2) is 6.61. The number of nitrogens with zero attached hydrogens (tertiary/aromatic N) is 4. The van der Waals surface area contributed by atoms with E-state index in [4.69, 9.17) is 11.6 Å². The standard InChI is InChI=1S/C18H12ClF3N4S/c1-26-8-14(18(20,21)22)24-16(26)11-4-2-10(3-5-11)6-12-9-27-13-7-23-17(19)25-15(12)13/h2-5,7-9H,6H2,1H3. The minimum atomic E-state index is -4.46. The molecule has 0 atom stereocenters. The van der Waals surface area contributed by atoms with Gasteiger partial charge < -0.3 is 4.57 Å². The van der Waals surface area contributed by atoms with Crippen LogP contribution < -0.4 is 0 Å². The van der Waals surface area contributed by atoms with Crippen molar-refractivity contribution in [3.8, 4) is 11.4 Å². The third-order valence-electron chi connectivity index (χ3n) is 4.13. The normalized spacial score (nSPS) is 12.0. The summed E-state index contributed by atoms with van der Waals surface area (Å²) in [5, 5.41) is 2.21. The summed E-state index contributed by atoms with van der Waals surface area (Å²) in [5.41, 5.74) is 2.59. The maximum absolute atomic E-state index is 12.8. The number of thiophene rings is 1. The quantitative estimate of drug-likeness (QED) is 0.429. The van der Waals surface area contributed by atoms with Crippen LogP contribution in [0, 0.1) is 0 Å². The Labute approximate surface area is 161 Å². The first kappa shape index (κ1) is 17.9. The highest BCUT2D eigenvalue weighted by Gasteiger charge is 2.34. The van der Waals surface area contributed by atoms with E-state index >= 15 is 0 Å². The number of fused-ring (bicyclic) bond motifs is 1. The lowest BCUT2D eigenvalue weighted by Gasteiger charge is -2.04. The van der Waals surface area contributed by atoms with E-state index in [0.29, 0.717) is 12.0 Å². The van der Waals surface area contributed by atoms with Gasteiger partial charge in [0.25, 0.3) is 0 Å². The van der Waals surface area contributed by atoms with Crippen LogP contribution in [-0.2, 0) is 19.6 Å². The van der Waals surface area contributed by atoms with Crippen molar-refractivity contribution in [3.05, 3.63) is 64.1 Å². The molecular formula is C18H12ClF3N4S. The zero-order valence-electron chi connectivity index (χ0n) is 14.0. The number of hydrogen-bond donors (Lipinski definition) is 0. The molecule has 0 aliphatic rings. The van der Waals surface area contributed by atoms with E-state index < -0.39 is 11.9 Å². The van der Waals surface area contributed by atoms with Gasteiger partial charge >= 0.3 is 6.18 Å². The van der Waals surface area contributed by atoms with Crippen LogP contribution in [0.25, 0.3) is 21.6 Å². The van der Waals surface area contributed by atoms with E-state index in [0.717, 1.165) is 27.5 Å². The van der Waals surface area contributed by atoms with Crippen molar-refractivity contribution in [2.45, 2.75) is 12.6 Å². The largest absolute Gasteiger partial charge is 0.434 e. The summed E-state index contributed by atoms with van der Waals surface area (Å²) in [7, 11) is 1.55. The van der Waals surface area contributed by atoms with Crippen LogP contribution in [0.15, 0.2) is 42.0 Å². The molecule has 0 saturated carbocycles. The average Bonchev–Trinajstić information content (AvgIpc) is 3.19. The van der Waals surface area contributed by atoms with E-state index in [1.165, 1.54) is 4.57 Å². The second-order valence-electron chi connectivity index (χ2n) is 6.04. The third kappa shape index (κ3) is 3.54. The molecule has 9 heteroatoms. The number of benzene rings is 1. The van der Waals surface area contributed by atoms with Crippen LogP contribution in [0.3, 0.4) is 0 Å². The van der Waals surface area contributed by atoms with Gasteiger partial charge in [-0.3, -0.25) is 0 Å². The first-order chi connectivity index (χ1) is 12.8. The molecule has 0 radical (unpaired) electrons. The summed E-state index contributed by atoms with van der Waals surface area (Å²) in [4.78, 5) is 12.0. The van der Waals surface area contributed by atoms with Gasteiger partial charge in [0.15, 0.2) is 5.69 Å². The lowest BCUT2D eigenvalue weighted by Crippen LogP contribution is -2.04. The number of rotatable bonds is 3. The summed E-state index contributed by atoms with van der Waals surface area (Å²) >= 11 is 7.43. The highest BCUT2D eigenvalue weighted by Crippen LogP contribution is 2.31. The molecule has 27 heavy (non-hydrogen) atoms. The van der Waals surface area contributed by atoms with Crippen LogP contribution >= 0.6 is 22.9 Å². The monoisotopic (exact) mass is 408 g/mol. The Hall–Kier alpha value is -2.45. The first-order valence-electron chi connectivity index (χ1n) is 7.90. The van der Waals surface area contributed by atoms with Gasteiger partial charge in [-0.2, -0.15) is 13.2 Å². The molecule has 0 N–H and O–H groups in total. The van der Waals surface area contributed by atoms with Gasteiger partial charge in [-0.25, -0.2) is 15.0 Å². The number of imidazole rings is 1. The van der Waals surface area contributed by atoms with Gasteiger partial charge in [-0.1, -0.05) is 24.3 Å². The fourth-order valence-corrected chi connectivity index (χ4v) is 3.84. The van der Waals surface area contributed by atoms with E-state index in [-0.39, 0.29) is 11.1 Å². The molecule has 4 aromatic rings. The molecule has 4 nitrogen and oxygen atoms in total. The highest BCUT2D eigenvalue weighted by atomic mass is 35.5. The van der Waals surface area contributed by atoms with Crippen molar-refractivity contribution in [1.82, 2.24) is 19.5 Å². The van der Waals surface area contributed by atoms with Gasteiger partial charge in [-0.15, -0.1) is 11.3 Å². The average molecular weight is 409 g/mol. The van der Waals surface area contributed by atoms with Crippen molar-refractivity contribution >= 4 is 33.2 Å². The van der Waals surface area contributed by atoms with E-state index in [1.54, 1.807) is 36.7 Å². The van der Waals surface area contributed by atoms with Gasteiger partial charge in [-0.05, 0) is 28.1 Å². The highest BCUT2D eigenvalue weighted by molar-refractivity contribution is 7.17. The molecule has 0 spiro atoms. The van der Waals surface area contributed by atoms with Crippen LogP contribution in [0.4, 0.5) is 13.2 Å². The van der Waals surface area contributed by atoms with Crippen LogP contribution in [0.2, 0.25) is 5.28 Å². The van der Waals surface area contributed by atoms with Crippen molar-refractivity contribution in [1.29, 1.82) is 0 Å². The molecule has 0 saturated heterocycles. The fraction of sp³-hybridized carbons (Fsp3) is 0.167. The Morgan fingerprint density at radius 1 is 1.15 bits per heavy atom. The van der Waals surface area contributed by atoms with Crippen molar-refractivity contribution < 1.29 is 13.2 Å². The maximum Gasteiger partial charge on any atom is 0.434 e. The minimum absolute atomic E-state index is 0.202. The number of hydrogen-bond acceptors (Lipinski definition) is 4. The van der Waals surface area contributed by atoms with Crippen LogP contribution in [-0.4, -0.2) is 19.5 Å². The smallest absolute Gasteiger partial charge is 0.333 e. The Kier molecular flexibility index (Phi) is 4.39. The molecule has 0 bridgehead atoms. The number of alkyl halides is 3. The Balaban J connectivity index is 1.61. The molecule has 0 aliphatic heterocycles. The summed E-state index contributed by atoms with van der Waals surface area (Å²) in [6.45, 7) is 0. The summed E-state index contributed by atoms with van der Waals surface area (Å²) < 4.78 is 40.8. The summed E-state index contributed by atoms with van der Waals surface area (Å²) in [6.07, 6.45) is -1.13. The topological polar surface area (TPSA) is 43.6 Å². The van der Waals surface area contributed by atoms with Gasteiger partial charge in [0.05, 0.1) is 10.2 Å². The SMILES string of the molecule is Cn1cc(C(F)(F)F)nc1-c1ccc(Cc2csc3cnc(Cl)nc23)cc1. The molecule has 0 fully saturated rings. The molecule has 3 heterocycles. The molecule has 1 aromatic carbocycles. The Morgan fingerprint density at radius 3 is 2.56 bits per heavy atom. The first-order valence-corrected chi connectivity index (χ1v) is 9.15. The third-order valence-corrected chi connectivity index (χ3v) is 5.27. The molecule has 3 aromatic heterocycles. The van der Waals surface area contributed by atoms with Gasteiger partial charge in [0.2, 0.25) is 5.28 Å². The van der Waals surface area contributed by atoms with Crippen molar-refractivity contribution in [3.63, 3.8) is 0 Å². The predicted molar refractivity (Wildman–Crippen MR) is 98.9 cm³/mol. The zero-order chi connectivity index (χ0) is 19.2. The van der Waals surface area contributed by atoms with Gasteiger partial charge in [0, 0.05) is 31.4 Å². The minimum Gasteiger partial charge on any atom is -0.333 e. The number of aryl methyl sites for hydroxylation is 1. The van der Waals surface area contributed by atoms with Crippen LogP contribution in [0.5, 0.6) is 0 Å². The second-order valence-corrected chi connectivity index (χ2v) is 7.29.